The molecule has 0 saturated heterocycles. The van der Waals surface area contributed by atoms with Crippen LogP contribution in [0.3, 0.4) is 0 Å². The van der Waals surface area contributed by atoms with E-state index >= 15 is 0 Å². The van der Waals surface area contributed by atoms with Crippen molar-refractivity contribution in [1.29, 1.82) is 0 Å². The minimum Gasteiger partial charge on any atom is -0.497 e. The van der Waals surface area contributed by atoms with E-state index in [0.29, 0.717) is 0 Å². The first-order valence-corrected chi connectivity index (χ1v) is 5.92. The molecule has 18 heavy (non-hydrogen) atoms. The number of rotatable bonds is 2. The summed E-state index contributed by atoms with van der Waals surface area (Å²) in [5.74, 6) is 0.890. The van der Waals surface area contributed by atoms with E-state index in [0.717, 1.165) is 11.3 Å². The van der Waals surface area contributed by atoms with Crippen LogP contribution in [0.2, 0.25) is 0 Å². The first kappa shape index (κ1) is 10.8. The number of ether oxygens (including phenoxy) is 1. The smallest absolute Gasteiger partial charge is 0.119 e. The van der Waals surface area contributed by atoms with Crippen LogP contribution in [0, 0.1) is 6.07 Å². The highest BCUT2D eigenvalue weighted by atomic mass is 16.5. The topological polar surface area (TPSA) is 9.23 Å². The Hall–Kier alpha value is -2.28. The molecule has 0 N–H and O–H groups in total. The Balaban J connectivity index is 2.12. The van der Waals surface area contributed by atoms with Gasteiger partial charge in [0.25, 0.3) is 0 Å². The fourth-order valence-corrected chi connectivity index (χ4v) is 2.09. The number of methoxy groups -OCH3 is 1. The molecule has 1 nitrogen and oxygen atoms in total. The second-order valence-corrected chi connectivity index (χ2v) is 4.20. The van der Waals surface area contributed by atoms with Gasteiger partial charge in [0.1, 0.15) is 5.75 Å². The Morgan fingerprint density at radius 2 is 1.72 bits per heavy atom. The van der Waals surface area contributed by atoms with E-state index in [1.54, 1.807) is 7.11 Å². The zero-order valence-electron chi connectivity index (χ0n) is 10.2. The molecule has 0 aliphatic rings. The third-order valence-corrected chi connectivity index (χ3v) is 3.07. The first-order valence-electron chi connectivity index (χ1n) is 5.92. The second kappa shape index (κ2) is 4.53. The maximum absolute atomic E-state index is 5.23. The lowest BCUT2D eigenvalue weighted by molar-refractivity contribution is 0.415. The molecule has 0 aromatic heterocycles. The van der Waals surface area contributed by atoms with Crippen molar-refractivity contribution >= 4 is 10.8 Å². The minimum absolute atomic E-state index is 0.890. The molecule has 0 fully saturated rings. The van der Waals surface area contributed by atoms with E-state index < -0.39 is 0 Å². The summed E-state index contributed by atoms with van der Waals surface area (Å²) in [6.07, 6.45) is 0. The predicted molar refractivity (Wildman–Crippen MR) is 74.8 cm³/mol. The van der Waals surface area contributed by atoms with Gasteiger partial charge in [-0.1, -0.05) is 42.5 Å². The third-order valence-electron chi connectivity index (χ3n) is 3.07. The van der Waals surface area contributed by atoms with Crippen molar-refractivity contribution in [2.24, 2.45) is 0 Å². The van der Waals surface area contributed by atoms with Gasteiger partial charge < -0.3 is 4.74 Å². The van der Waals surface area contributed by atoms with Crippen molar-refractivity contribution in [3.05, 3.63) is 66.7 Å². The normalized spacial score (nSPS) is 10.5. The molecule has 0 spiro atoms. The molecule has 0 heterocycles. The summed E-state index contributed by atoms with van der Waals surface area (Å²) in [5, 5.41) is 2.40. The van der Waals surface area contributed by atoms with E-state index in [-0.39, 0.29) is 0 Å². The van der Waals surface area contributed by atoms with Crippen molar-refractivity contribution in [2.45, 2.75) is 0 Å². The van der Waals surface area contributed by atoms with Crippen molar-refractivity contribution in [3.63, 3.8) is 0 Å². The summed E-state index contributed by atoms with van der Waals surface area (Å²) in [4.78, 5) is 0. The molecule has 87 valence electrons. The standard InChI is InChI=1S/C17H13O/c1-18-17-10-9-15-11-14(7-8-16(15)12-17)13-5-3-2-4-6-13/h2-5,7-12H,1H3. The Bertz CT molecular complexity index is 672. The van der Waals surface area contributed by atoms with Crippen LogP contribution in [-0.2, 0) is 0 Å². The SMILES string of the molecule is COc1ccc2cc(-c3[c]cccc3)ccc2c1. The monoisotopic (exact) mass is 233 g/mol. The highest BCUT2D eigenvalue weighted by molar-refractivity contribution is 5.88. The van der Waals surface area contributed by atoms with Gasteiger partial charge in [0.15, 0.2) is 0 Å². The maximum Gasteiger partial charge on any atom is 0.119 e. The fourth-order valence-electron chi connectivity index (χ4n) is 2.09. The average molecular weight is 233 g/mol. The largest absolute Gasteiger partial charge is 0.497 e. The highest BCUT2D eigenvalue weighted by Crippen LogP contribution is 2.26. The van der Waals surface area contributed by atoms with E-state index in [1.165, 1.54) is 16.3 Å². The van der Waals surface area contributed by atoms with Crippen LogP contribution in [-0.4, -0.2) is 7.11 Å². The lowest BCUT2D eigenvalue weighted by Crippen LogP contribution is -1.83. The summed E-state index contributed by atoms with van der Waals surface area (Å²) in [7, 11) is 1.69. The van der Waals surface area contributed by atoms with Crippen molar-refractivity contribution < 1.29 is 4.74 Å². The summed E-state index contributed by atoms with van der Waals surface area (Å²) >= 11 is 0. The molecular formula is C17H13O. The Kier molecular flexibility index (Phi) is 2.73. The van der Waals surface area contributed by atoms with Crippen LogP contribution in [0.4, 0.5) is 0 Å². The van der Waals surface area contributed by atoms with E-state index in [4.69, 9.17) is 4.74 Å². The zero-order chi connectivity index (χ0) is 12.4. The number of benzene rings is 3. The van der Waals surface area contributed by atoms with E-state index in [9.17, 15) is 0 Å². The highest BCUT2D eigenvalue weighted by Gasteiger charge is 2.00. The summed E-state index contributed by atoms with van der Waals surface area (Å²) in [5.41, 5.74) is 2.31. The molecule has 0 amide bonds. The summed E-state index contributed by atoms with van der Waals surface area (Å²) in [6, 6.07) is 23.8. The second-order valence-electron chi connectivity index (χ2n) is 4.20. The van der Waals surface area contributed by atoms with E-state index in [1.807, 2.05) is 30.3 Å². The van der Waals surface area contributed by atoms with Gasteiger partial charge in [-0.25, -0.2) is 0 Å². The van der Waals surface area contributed by atoms with Crippen molar-refractivity contribution in [1.82, 2.24) is 0 Å². The van der Waals surface area contributed by atoms with Gasteiger partial charge in [-0.05, 0) is 46.2 Å². The minimum atomic E-state index is 0.890. The molecule has 0 bridgehead atoms. The molecule has 1 radical (unpaired) electrons. The van der Waals surface area contributed by atoms with Crippen molar-refractivity contribution in [3.8, 4) is 16.9 Å². The van der Waals surface area contributed by atoms with Gasteiger partial charge in [0.2, 0.25) is 0 Å². The summed E-state index contributed by atoms with van der Waals surface area (Å²) in [6.45, 7) is 0. The fraction of sp³-hybridized carbons (Fsp3) is 0.0588. The lowest BCUT2D eigenvalue weighted by atomic mass is 10.0. The van der Waals surface area contributed by atoms with Gasteiger partial charge in [0, 0.05) is 0 Å². The molecule has 0 saturated carbocycles. The van der Waals surface area contributed by atoms with Crippen LogP contribution >= 0.6 is 0 Å². The molecule has 1 heteroatoms. The lowest BCUT2D eigenvalue weighted by Gasteiger charge is -2.05. The van der Waals surface area contributed by atoms with Gasteiger partial charge in [-0.2, -0.15) is 0 Å². The number of hydrogen-bond donors (Lipinski definition) is 0. The van der Waals surface area contributed by atoms with Crippen LogP contribution in [0.5, 0.6) is 5.75 Å². The molecule has 0 aliphatic carbocycles. The molecule has 3 rings (SSSR count). The Morgan fingerprint density at radius 3 is 2.50 bits per heavy atom. The molecule has 3 aromatic carbocycles. The van der Waals surface area contributed by atoms with Crippen LogP contribution in [0.25, 0.3) is 21.9 Å². The van der Waals surface area contributed by atoms with Gasteiger partial charge in [-0.15, -0.1) is 0 Å². The van der Waals surface area contributed by atoms with Gasteiger partial charge in [0.05, 0.1) is 7.11 Å². The third kappa shape index (κ3) is 1.95. The van der Waals surface area contributed by atoms with Crippen LogP contribution in [0.15, 0.2) is 60.7 Å². The Labute approximate surface area is 107 Å². The zero-order valence-corrected chi connectivity index (χ0v) is 10.2. The van der Waals surface area contributed by atoms with Crippen LogP contribution < -0.4 is 4.74 Å². The molecular weight excluding hydrogens is 220 g/mol. The first-order chi connectivity index (χ1) is 8.86. The van der Waals surface area contributed by atoms with Crippen molar-refractivity contribution in [2.75, 3.05) is 7.11 Å². The number of hydrogen-bond acceptors (Lipinski definition) is 1. The average Bonchev–Trinajstić information content (AvgIpc) is 2.47. The van der Waals surface area contributed by atoms with Gasteiger partial charge >= 0.3 is 0 Å². The molecule has 0 atom stereocenters. The predicted octanol–water partition coefficient (Wildman–Crippen LogP) is 4.32. The molecule has 3 aromatic rings. The van der Waals surface area contributed by atoms with E-state index in [2.05, 4.69) is 36.4 Å². The quantitative estimate of drug-likeness (QED) is 0.640. The number of fused-ring (bicyclic) bond motifs is 1. The maximum atomic E-state index is 5.23. The van der Waals surface area contributed by atoms with Crippen LogP contribution in [0.1, 0.15) is 0 Å². The summed E-state index contributed by atoms with van der Waals surface area (Å²) < 4.78 is 5.23. The molecule has 0 unspecified atom stereocenters. The molecule has 0 aliphatic heterocycles. The van der Waals surface area contributed by atoms with Gasteiger partial charge in [-0.3, -0.25) is 0 Å². The Morgan fingerprint density at radius 1 is 0.889 bits per heavy atom.